The maximum absolute atomic E-state index is 12.6. The van der Waals surface area contributed by atoms with E-state index in [9.17, 15) is 9.59 Å². The molecule has 1 atom stereocenters. The van der Waals surface area contributed by atoms with Gasteiger partial charge in [-0.1, -0.05) is 6.92 Å². The maximum atomic E-state index is 12.6. The third-order valence-electron chi connectivity index (χ3n) is 4.68. The van der Waals surface area contributed by atoms with Crippen molar-refractivity contribution in [3.63, 3.8) is 0 Å². The normalized spacial score (nSPS) is 16.4. The minimum Gasteiger partial charge on any atom is -0.378 e. The van der Waals surface area contributed by atoms with E-state index >= 15 is 0 Å². The Hall–Kier alpha value is -2.08. The zero-order valence-electron chi connectivity index (χ0n) is 15.8. The Kier molecular flexibility index (Phi) is 6.82. The topological polar surface area (TPSA) is 55.9 Å². The van der Waals surface area contributed by atoms with Crippen LogP contribution in [0.2, 0.25) is 0 Å². The molecule has 25 heavy (non-hydrogen) atoms. The molecule has 138 valence electrons. The summed E-state index contributed by atoms with van der Waals surface area (Å²) in [6.07, 6.45) is 0.931. The van der Waals surface area contributed by atoms with E-state index in [-0.39, 0.29) is 17.9 Å². The monoisotopic (exact) mass is 346 g/mol. The summed E-state index contributed by atoms with van der Waals surface area (Å²) in [6.45, 7) is 7.25. The van der Waals surface area contributed by atoms with E-state index in [1.54, 1.807) is 0 Å². The van der Waals surface area contributed by atoms with Crippen molar-refractivity contribution < 1.29 is 9.59 Å². The molecule has 6 nitrogen and oxygen atoms in total. The summed E-state index contributed by atoms with van der Waals surface area (Å²) in [5, 5.41) is 2.99. The molecule has 0 radical (unpaired) electrons. The van der Waals surface area contributed by atoms with Crippen molar-refractivity contribution in [2.24, 2.45) is 0 Å². The van der Waals surface area contributed by atoms with Gasteiger partial charge in [-0.25, -0.2) is 0 Å². The van der Waals surface area contributed by atoms with Gasteiger partial charge in [-0.2, -0.15) is 0 Å². The van der Waals surface area contributed by atoms with Crippen LogP contribution in [-0.4, -0.2) is 74.5 Å². The second-order valence-corrected chi connectivity index (χ2v) is 6.89. The first-order chi connectivity index (χ1) is 11.9. The molecule has 1 aliphatic heterocycles. The lowest BCUT2D eigenvalue weighted by molar-refractivity contribution is -0.123. The Morgan fingerprint density at radius 2 is 1.72 bits per heavy atom. The van der Waals surface area contributed by atoms with Crippen molar-refractivity contribution in [2.45, 2.75) is 26.3 Å². The van der Waals surface area contributed by atoms with E-state index in [2.05, 4.69) is 17.1 Å². The molecule has 1 N–H and O–H groups in total. The van der Waals surface area contributed by atoms with Gasteiger partial charge in [-0.15, -0.1) is 0 Å². The molecule has 1 unspecified atom stereocenters. The fourth-order valence-electron chi connectivity index (χ4n) is 2.82. The van der Waals surface area contributed by atoms with Crippen molar-refractivity contribution in [1.29, 1.82) is 0 Å². The van der Waals surface area contributed by atoms with Crippen LogP contribution in [0.5, 0.6) is 0 Å². The average Bonchev–Trinajstić information content (AvgIpc) is 2.61. The van der Waals surface area contributed by atoms with Gasteiger partial charge in [0.1, 0.15) is 0 Å². The van der Waals surface area contributed by atoms with Crippen LogP contribution in [0.15, 0.2) is 24.3 Å². The Bertz CT molecular complexity index is 578. The maximum Gasteiger partial charge on any atom is 0.253 e. The average molecular weight is 346 g/mol. The zero-order chi connectivity index (χ0) is 18.4. The van der Waals surface area contributed by atoms with Gasteiger partial charge in [-0.3, -0.25) is 14.5 Å². The van der Waals surface area contributed by atoms with Crippen molar-refractivity contribution in [2.75, 3.05) is 51.7 Å². The number of benzene rings is 1. The molecule has 0 aliphatic carbocycles. The molecule has 2 amide bonds. The quantitative estimate of drug-likeness (QED) is 0.847. The van der Waals surface area contributed by atoms with E-state index in [1.165, 1.54) is 0 Å². The van der Waals surface area contributed by atoms with Crippen LogP contribution in [0, 0.1) is 0 Å². The van der Waals surface area contributed by atoms with Gasteiger partial charge in [-0.05, 0) is 37.6 Å². The van der Waals surface area contributed by atoms with Gasteiger partial charge in [0.2, 0.25) is 5.91 Å². The highest BCUT2D eigenvalue weighted by atomic mass is 16.2. The number of nitrogens with one attached hydrogen (secondary N) is 1. The standard InChI is InChI=1S/C19H30N4O2/c1-5-15(2)20-18(24)14-22-10-12-23(13-11-22)19(25)16-6-8-17(9-7-16)21(3)4/h6-9,15H,5,10-14H2,1-4H3,(H,20,24). The molecule has 1 aromatic carbocycles. The minimum atomic E-state index is 0.0633. The lowest BCUT2D eigenvalue weighted by Crippen LogP contribution is -2.51. The summed E-state index contributed by atoms with van der Waals surface area (Å²) in [5.74, 6) is 0.127. The molecule has 0 saturated carbocycles. The van der Waals surface area contributed by atoms with Crippen LogP contribution in [0.25, 0.3) is 0 Å². The molecule has 1 heterocycles. The van der Waals surface area contributed by atoms with Gasteiger partial charge in [0.05, 0.1) is 6.54 Å². The van der Waals surface area contributed by atoms with Crippen LogP contribution in [0.3, 0.4) is 0 Å². The summed E-state index contributed by atoms with van der Waals surface area (Å²) in [5.41, 5.74) is 1.79. The van der Waals surface area contributed by atoms with Crippen LogP contribution in [0.1, 0.15) is 30.6 Å². The molecule has 1 saturated heterocycles. The van der Waals surface area contributed by atoms with Gasteiger partial charge in [0.25, 0.3) is 5.91 Å². The molecule has 1 aromatic rings. The highest BCUT2D eigenvalue weighted by Gasteiger charge is 2.23. The number of anilines is 1. The zero-order valence-corrected chi connectivity index (χ0v) is 15.8. The lowest BCUT2D eigenvalue weighted by atomic mass is 10.1. The van der Waals surface area contributed by atoms with Gasteiger partial charge in [0.15, 0.2) is 0 Å². The number of rotatable bonds is 6. The van der Waals surface area contributed by atoms with Crippen molar-refractivity contribution in [3.05, 3.63) is 29.8 Å². The summed E-state index contributed by atoms with van der Waals surface area (Å²) >= 11 is 0. The molecule has 1 fully saturated rings. The smallest absolute Gasteiger partial charge is 0.253 e. The van der Waals surface area contributed by atoms with E-state index in [0.29, 0.717) is 25.2 Å². The molecule has 6 heteroatoms. The predicted octanol–water partition coefficient (Wildman–Crippen LogP) is 1.43. The summed E-state index contributed by atoms with van der Waals surface area (Å²) in [6, 6.07) is 7.89. The van der Waals surface area contributed by atoms with Gasteiger partial charge < -0.3 is 15.1 Å². The first kappa shape index (κ1) is 19.2. The number of hydrogen-bond acceptors (Lipinski definition) is 4. The number of amides is 2. The minimum absolute atomic E-state index is 0.0633. The Morgan fingerprint density at radius 1 is 1.12 bits per heavy atom. The summed E-state index contributed by atoms with van der Waals surface area (Å²) in [7, 11) is 3.96. The third kappa shape index (κ3) is 5.46. The highest BCUT2D eigenvalue weighted by molar-refractivity contribution is 5.94. The number of carbonyl (C=O) groups excluding carboxylic acids is 2. The molecule has 0 aromatic heterocycles. The first-order valence-electron chi connectivity index (χ1n) is 8.99. The van der Waals surface area contributed by atoms with Crippen LogP contribution >= 0.6 is 0 Å². The van der Waals surface area contributed by atoms with E-state index in [1.807, 2.05) is 55.1 Å². The summed E-state index contributed by atoms with van der Waals surface area (Å²) < 4.78 is 0. The third-order valence-corrected chi connectivity index (χ3v) is 4.68. The molecule has 1 aliphatic rings. The molecule has 2 rings (SSSR count). The van der Waals surface area contributed by atoms with Gasteiger partial charge in [0, 0.05) is 57.6 Å². The van der Waals surface area contributed by atoms with Gasteiger partial charge >= 0.3 is 0 Å². The largest absolute Gasteiger partial charge is 0.378 e. The van der Waals surface area contributed by atoms with E-state index < -0.39 is 0 Å². The SMILES string of the molecule is CCC(C)NC(=O)CN1CCN(C(=O)c2ccc(N(C)C)cc2)CC1. The predicted molar refractivity (Wildman–Crippen MR) is 101 cm³/mol. The van der Waals surface area contributed by atoms with Crippen molar-refractivity contribution in [3.8, 4) is 0 Å². The molecule has 0 bridgehead atoms. The number of piperazine rings is 1. The first-order valence-corrected chi connectivity index (χ1v) is 8.99. The Balaban J connectivity index is 1.83. The molecular formula is C19H30N4O2. The Morgan fingerprint density at radius 3 is 2.24 bits per heavy atom. The molecule has 0 spiro atoms. The van der Waals surface area contributed by atoms with Crippen LogP contribution in [0.4, 0.5) is 5.69 Å². The number of hydrogen-bond donors (Lipinski definition) is 1. The highest BCUT2D eigenvalue weighted by Crippen LogP contribution is 2.15. The second-order valence-electron chi connectivity index (χ2n) is 6.89. The molecular weight excluding hydrogens is 316 g/mol. The fraction of sp³-hybridized carbons (Fsp3) is 0.579. The number of carbonyl (C=O) groups is 2. The van der Waals surface area contributed by atoms with Crippen LogP contribution < -0.4 is 10.2 Å². The number of nitrogens with zero attached hydrogens (tertiary/aromatic N) is 3. The van der Waals surface area contributed by atoms with E-state index in [4.69, 9.17) is 0 Å². The fourth-order valence-corrected chi connectivity index (χ4v) is 2.82. The Labute approximate surface area is 150 Å². The lowest BCUT2D eigenvalue weighted by Gasteiger charge is -2.34. The van der Waals surface area contributed by atoms with E-state index in [0.717, 1.165) is 25.2 Å². The van der Waals surface area contributed by atoms with Crippen molar-refractivity contribution in [1.82, 2.24) is 15.1 Å². The van der Waals surface area contributed by atoms with Crippen molar-refractivity contribution >= 4 is 17.5 Å². The van der Waals surface area contributed by atoms with Crippen LogP contribution in [-0.2, 0) is 4.79 Å². The second kappa shape index (κ2) is 8.85. The summed E-state index contributed by atoms with van der Waals surface area (Å²) in [4.78, 5) is 30.6.